The van der Waals surface area contributed by atoms with E-state index in [1.54, 1.807) is 12.3 Å². The molecule has 1 aliphatic carbocycles. The molecule has 2 rings (SSSR count). The van der Waals surface area contributed by atoms with Crippen LogP contribution < -0.4 is 10.6 Å². The van der Waals surface area contributed by atoms with Gasteiger partial charge in [-0.3, -0.25) is 4.79 Å². The first-order valence-electron chi connectivity index (χ1n) is 7.89. The Bertz CT molecular complexity index is 428. The van der Waals surface area contributed by atoms with Crippen LogP contribution in [0.3, 0.4) is 0 Å². The molecule has 0 spiro atoms. The molecule has 5 nitrogen and oxygen atoms in total. The number of nitrogens with one attached hydrogen (secondary N) is 2. The molecule has 21 heavy (non-hydrogen) atoms. The maximum absolute atomic E-state index is 11.9. The number of hydrogen-bond acceptors (Lipinski definition) is 4. The lowest BCUT2D eigenvalue weighted by Gasteiger charge is -2.11. The second kappa shape index (κ2) is 8.62. The minimum atomic E-state index is -0.146. The maximum Gasteiger partial charge on any atom is 0.269 e. The van der Waals surface area contributed by atoms with Gasteiger partial charge in [0.1, 0.15) is 5.69 Å². The van der Waals surface area contributed by atoms with Crippen molar-refractivity contribution < 1.29 is 9.53 Å². The third-order valence-corrected chi connectivity index (χ3v) is 3.62. The lowest BCUT2D eigenvalue weighted by atomic mass is 10.3. The van der Waals surface area contributed by atoms with Gasteiger partial charge in [0.2, 0.25) is 0 Å². The zero-order valence-corrected chi connectivity index (χ0v) is 12.7. The Labute approximate surface area is 126 Å². The van der Waals surface area contributed by atoms with Gasteiger partial charge in [-0.1, -0.05) is 19.8 Å². The number of anilines is 1. The Balaban J connectivity index is 1.67. The van der Waals surface area contributed by atoms with E-state index >= 15 is 0 Å². The number of rotatable bonds is 8. The summed E-state index contributed by atoms with van der Waals surface area (Å²) in [6.45, 7) is 4.13. The Hall–Kier alpha value is -1.62. The molecule has 0 aromatic carbocycles. The van der Waals surface area contributed by atoms with Crippen LogP contribution >= 0.6 is 0 Å². The second-order valence-corrected chi connectivity index (χ2v) is 5.39. The maximum atomic E-state index is 11.9. The smallest absolute Gasteiger partial charge is 0.269 e. The molecule has 0 unspecified atom stereocenters. The van der Waals surface area contributed by atoms with Gasteiger partial charge in [0.05, 0.1) is 24.6 Å². The van der Waals surface area contributed by atoms with Crippen molar-refractivity contribution in [1.29, 1.82) is 0 Å². The van der Waals surface area contributed by atoms with Crippen LogP contribution in [-0.2, 0) is 4.74 Å². The van der Waals surface area contributed by atoms with Gasteiger partial charge in [0.15, 0.2) is 0 Å². The van der Waals surface area contributed by atoms with Crippen molar-refractivity contribution in [2.45, 2.75) is 45.1 Å². The van der Waals surface area contributed by atoms with Crippen molar-refractivity contribution in [2.24, 2.45) is 0 Å². The average Bonchev–Trinajstić information content (AvgIpc) is 3.03. The van der Waals surface area contributed by atoms with Crippen LogP contribution in [0.5, 0.6) is 0 Å². The van der Waals surface area contributed by atoms with Gasteiger partial charge in [-0.15, -0.1) is 0 Å². The molecule has 1 amide bonds. The van der Waals surface area contributed by atoms with E-state index in [9.17, 15) is 4.79 Å². The molecule has 1 aromatic rings. The van der Waals surface area contributed by atoms with Gasteiger partial charge in [0.25, 0.3) is 5.91 Å². The van der Waals surface area contributed by atoms with Crippen LogP contribution in [0, 0.1) is 0 Å². The summed E-state index contributed by atoms with van der Waals surface area (Å²) in [5.74, 6) is -0.146. The van der Waals surface area contributed by atoms with E-state index in [4.69, 9.17) is 4.74 Å². The van der Waals surface area contributed by atoms with Crippen molar-refractivity contribution in [3.63, 3.8) is 0 Å². The molecule has 0 bridgehead atoms. The van der Waals surface area contributed by atoms with Crippen molar-refractivity contribution in [3.05, 3.63) is 24.0 Å². The van der Waals surface area contributed by atoms with Crippen LogP contribution in [0.15, 0.2) is 18.3 Å². The molecule has 1 saturated carbocycles. The first-order chi connectivity index (χ1) is 10.3. The van der Waals surface area contributed by atoms with Crippen molar-refractivity contribution in [3.8, 4) is 0 Å². The third-order valence-electron chi connectivity index (χ3n) is 3.62. The zero-order chi connectivity index (χ0) is 14.9. The molecule has 1 aromatic heterocycles. The van der Waals surface area contributed by atoms with Crippen LogP contribution in [0.2, 0.25) is 0 Å². The standard InChI is InChI=1S/C16H25N3O2/c1-2-9-17-13-7-8-15(19-12-13)16(20)18-10-11-21-14-5-3-4-6-14/h7-8,12,14,17H,2-6,9-11H2,1H3,(H,18,20). The molecular formula is C16H25N3O2. The first-order valence-corrected chi connectivity index (χ1v) is 7.89. The Kier molecular flexibility index (Phi) is 6.47. The van der Waals surface area contributed by atoms with E-state index in [0.717, 1.165) is 31.5 Å². The molecule has 0 aliphatic heterocycles. The lowest BCUT2D eigenvalue weighted by Crippen LogP contribution is -2.29. The Morgan fingerprint density at radius 1 is 1.33 bits per heavy atom. The van der Waals surface area contributed by atoms with Gasteiger partial charge < -0.3 is 15.4 Å². The van der Waals surface area contributed by atoms with Crippen LogP contribution in [-0.4, -0.2) is 36.7 Å². The Morgan fingerprint density at radius 2 is 2.14 bits per heavy atom. The fourth-order valence-electron chi connectivity index (χ4n) is 2.44. The zero-order valence-electron chi connectivity index (χ0n) is 12.7. The highest BCUT2D eigenvalue weighted by molar-refractivity contribution is 5.92. The molecule has 0 radical (unpaired) electrons. The predicted octanol–water partition coefficient (Wildman–Crippen LogP) is 2.59. The highest BCUT2D eigenvalue weighted by Crippen LogP contribution is 2.20. The van der Waals surface area contributed by atoms with Gasteiger partial charge in [-0.25, -0.2) is 4.98 Å². The molecule has 1 fully saturated rings. The monoisotopic (exact) mass is 291 g/mol. The number of amides is 1. The molecule has 0 atom stereocenters. The van der Waals surface area contributed by atoms with E-state index < -0.39 is 0 Å². The summed E-state index contributed by atoms with van der Waals surface area (Å²) in [6, 6.07) is 3.62. The summed E-state index contributed by atoms with van der Waals surface area (Å²) >= 11 is 0. The van der Waals surface area contributed by atoms with Gasteiger partial charge in [-0.05, 0) is 31.4 Å². The summed E-state index contributed by atoms with van der Waals surface area (Å²) < 4.78 is 5.71. The predicted molar refractivity (Wildman–Crippen MR) is 83.6 cm³/mol. The molecule has 5 heteroatoms. The molecular weight excluding hydrogens is 266 g/mol. The first kappa shape index (κ1) is 15.8. The number of aromatic nitrogens is 1. The van der Waals surface area contributed by atoms with E-state index in [-0.39, 0.29) is 5.91 Å². The van der Waals surface area contributed by atoms with Crippen molar-refractivity contribution >= 4 is 11.6 Å². The van der Waals surface area contributed by atoms with E-state index in [2.05, 4.69) is 22.5 Å². The lowest BCUT2D eigenvalue weighted by molar-refractivity contribution is 0.0581. The van der Waals surface area contributed by atoms with Crippen LogP contribution in [0.4, 0.5) is 5.69 Å². The molecule has 1 heterocycles. The number of nitrogens with zero attached hydrogens (tertiary/aromatic N) is 1. The van der Waals surface area contributed by atoms with Crippen LogP contribution in [0.25, 0.3) is 0 Å². The van der Waals surface area contributed by atoms with Gasteiger partial charge >= 0.3 is 0 Å². The highest BCUT2D eigenvalue weighted by Gasteiger charge is 2.15. The van der Waals surface area contributed by atoms with E-state index in [1.807, 2.05) is 6.07 Å². The minimum absolute atomic E-state index is 0.146. The second-order valence-electron chi connectivity index (χ2n) is 5.39. The number of hydrogen-bond donors (Lipinski definition) is 2. The van der Waals surface area contributed by atoms with Gasteiger partial charge in [0, 0.05) is 13.1 Å². The van der Waals surface area contributed by atoms with Crippen LogP contribution in [0.1, 0.15) is 49.5 Å². The summed E-state index contributed by atoms with van der Waals surface area (Å²) in [4.78, 5) is 16.1. The summed E-state index contributed by atoms with van der Waals surface area (Å²) in [6.07, 6.45) is 7.98. The van der Waals surface area contributed by atoms with E-state index in [0.29, 0.717) is 24.9 Å². The topological polar surface area (TPSA) is 63.2 Å². The third kappa shape index (κ3) is 5.34. The quantitative estimate of drug-likeness (QED) is 0.723. The summed E-state index contributed by atoms with van der Waals surface area (Å²) in [7, 11) is 0. The number of carbonyl (C=O) groups excluding carboxylic acids is 1. The summed E-state index contributed by atoms with van der Waals surface area (Å²) in [5, 5.41) is 6.07. The normalized spacial score (nSPS) is 15.1. The fraction of sp³-hybridized carbons (Fsp3) is 0.625. The number of ether oxygens (including phenoxy) is 1. The van der Waals surface area contributed by atoms with E-state index in [1.165, 1.54) is 12.8 Å². The summed E-state index contributed by atoms with van der Waals surface area (Å²) in [5.41, 5.74) is 1.39. The fourth-order valence-corrected chi connectivity index (χ4v) is 2.44. The molecule has 1 aliphatic rings. The molecule has 0 saturated heterocycles. The molecule has 116 valence electrons. The van der Waals surface area contributed by atoms with Gasteiger partial charge in [-0.2, -0.15) is 0 Å². The largest absolute Gasteiger partial charge is 0.384 e. The highest BCUT2D eigenvalue weighted by atomic mass is 16.5. The number of carbonyl (C=O) groups is 1. The Morgan fingerprint density at radius 3 is 2.81 bits per heavy atom. The van der Waals surface area contributed by atoms with Crippen molar-refractivity contribution in [2.75, 3.05) is 25.0 Å². The molecule has 2 N–H and O–H groups in total. The average molecular weight is 291 g/mol. The minimum Gasteiger partial charge on any atom is -0.384 e. The SMILES string of the molecule is CCCNc1ccc(C(=O)NCCOC2CCCC2)nc1. The number of pyridine rings is 1. The van der Waals surface area contributed by atoms with Crippen molar-refractivity contribution in [1.82, 2.24) is 10.3 Å².